The quantitative estimate of drug-likeness (QED) is 0.653. The fourth-order valence-corrected chi connectivity index (χ4v) is 2.90. The van der Waals surface area contributed by atoms with Gasteiger partial charge in [0.25, 0.3) is 0 Å². The van der Waals surface area contributed by atoms with Crippen LogP contribution < -0.4 is 0 Å². The molecule has 3 nitrogen and oxygen atoms in total. The molecule has 0 atom stereocenters. The summed E-state index contributed by atoms with van der Waals surface area (Å²) in [5.74, 6) is 0. The van der Waals surface area contributed by atoms with Gasteiger partial charge in [0.05, 0.1) is 5.52 Å². The Morgan fingerprint density at radius 1 is 1.00 bits per heavy atom. The molecular formula is C19H12ClN3. The van der Waals surface area contributed by atoms with E-state index in [9.17, 15) is 0 Å². The van der Waals surface area contributed by atoms with E-state index in [1.165, 1.54) is 0 Å². The van der Waals surface area contributed by atoms with Crippen molar-refractivity contribution in [2.45, 2.75) is 6.54 Å². The predicted octanol–water partition coefficient (Wildman–Crippen LogP) is 4.77. The third-order valence-electron chi connectivity index (χ3n) is 3.66. The fraction of sp³-hybridized carbons (Fsp3) is 0.0526. The molecule has 0 aliphatic carbocycles. The number of para-hydroxylation sites is 1. The first kappa shape index (κ1) is 14.9. The molecule has 23 heavy (non-hydrogen) atoms. The molecule has 0 aliphatic heterocycles. The van der Waals surface area contributed by atoms with Crippen molar-refractivity contribution in [2.24, 2.45) is 0 Å². The maximum atomic E-state index is 9.00. The average molecular weight is 318 g/mol. The Morgan fingerprint density at radius 3 is 2.35 bits per heavy atom. The molecule has 1 heterocycles. The second-order valence-corrected chi connectivity index (χ2v) is 5.43. The highest BCUT2D eigenvalue weighted by Crippen LogP contribution is 2.32. The Bertz CT molecular complexity index is 954. The van der Waals surface area contributed by atoms with Gasteiger partial charge in [0.15, 0.2) is 0 Å². The van der Waals surface area contributed by atoms with Crippen molar-refractivity contribution in [3.05, 3.63) is 76.5 Å². The lowest BCUT2D eigenvalue weighted by Gasteiger charge is -2.07. The molecule has 4 heteroatoms. The van der Waals surface area contributed by atoms with Gasteiger partial charge in [-0.2, -0.15) is 10.5 Å². The molecule has 0 saturated carbocycles. The van der Waals surface area contributed by atoms with Crippen molar-refractivity contribution in [1.82, 2.24) is 4.57 Å². The second-order valence-electron chi connectivity index (χ2n) is 5.07. The van der Waals surface area contributed by atoms with Gasteiger partial charge in [-0.05, 0) is 17.7 Å². The van der Waals surface area contributed by atoms with Gasteiger partial charge in [-0.15, -0.1) is 0 Å². The van der Waals surface area contributed by atoms with Gasteiger partial charge in [0.1, 0.15) is 22.9 Å². The van der Waals surface area contributed by atoms with E-state index in [0.29, 0.717) is 17.3 Å². The van der Waals surface area contributed by atoms with Gasteiger partial charge in [-0.25, -0.2) is 0 Å². The lowest BCUT2D eigenvalue weighted by molar-refractivity contribution is 0.837. The zero-order valence-corrected chi connectivity index (χ0v) is 13.0. The maximum Gasteiger partial charge on any atom is 0.130 e. The Hall–Kier alpha value is -3.01. The van der Waals surface area contributed by atoms with Crippen LogP contribution in [-0.4, -0.2) is 4.57 Å². The van der Waals surface area contributed by atoms with Crippen LogP contribution in [0, 0.1) is 22.7 Å². The Labute approximate surface area is 139 Å². The molecule has 0 N–H and O–H groups in total. The minimum Gasteiger partial charge on any atom is -0.327 e. The molecule has 3 aromatic rings. The van der Waals surface area contributed by atoms with Crippen molar-refractivity contribution in [3.8, 4) is 12.1 Å². The molecule has 0 fully saturated rings. The maximum absolute atomic E-state index is 9.00. The van der Waals surface area contributed by atoms with Crippen molar-refractivity contribution in [2.75, 3.05) is 0 Å². The van der Waals surface area contributed by atoms with Gasteiger partial charge < -0.3 is 4.57 Å². The van der Waals surface area contributed by atoms with Crippen LogP contribution in [0.25, 0.3) is 17.0 Å². The minimum absolute atomic E-state index is 0.0366. The van der Waals surface area contributed by atoms with E-state index < -0.39 is 0 Å². The van der Waals surface area contributed by atoms with Crippen LogP contribution in [0.5, 0.6) is 0 Å². The molecular weight excluding hydrogens is 306 g/mol. The largest absolute Gasteiger partial charge is 0.327 e. The minimum atomic E-state index is 0.0366. The number of hydrogen-bond acceptors (Lipinski definition) is 2. The summed E-state index contributed by atoms with van der Waals surface area (Å²) in [7, 11) is 0. The SMILES string of the molecule is N#CC(C#N)=Cc1c(Cl)n(Cc2ccccc2)c2ccccc12. The van der Waals surface area contributed by atoms with Gasteiger partial charge in [-0.3, -0.25) is 0 Å². The van der Waals surface area contributed by atoms with Crippen molar-refractivity contribution >= 4 is 28.6 Å². The zero-order chi connectivity index (χ0) is 16.2. The lowest BCUT2D eigenvalue weighted by Crippen LogP contribution is -1.99. The van der Waals surface area contributed by atoms with E-state index >= 15 is 0 Å². The number of fused-ring (bicyclic) bond motifs is 1. The number of aromatic nitrogens is 1. The Balaban J connectivity index is 2.20. The van der Waals surface area contributed by atoms with Crippen molar-refractivity contribution in [3.63, 3.8) is 0 Å². The molecule has 3 rings (SSSR count). The van der Waals surface area contributed by atoms with E-state index in [4.69, 9.17) is 22.1 Å². The summed E-state index contributed by atoms with van der Waals surface area (Å²) in [5.41, 5.74) is 2.85. The molecule has 2 aromatic carbocycles. The standard InChI is InChI=1S/C19H12ClN3/c20-19-17(10-15(11-21)12-22)16-8-4-5-9-18(16)23(19)13-14-6-2-1-3-7-14/h1-10H,13H2. The average Bonchev–Trinajstić information content (AvgIpc) is 2.86. The van der Waals surface area contributed by atoms with Crippen LogP contribution >= 0.6 is 11.6 Å². The first-order chi connectivity index (χ1) is 11.2. The first-order valence-corrected chi connectivity index (χ1v) is 7.45. The second kappa shape index (κ2) is 6.40. The van der Waals surface area contributed by atoms with Gasteiger partial charge >= 0.3 is 0 Å². The summed E-state index contributed by atoms with van der Waals surface area (Å²) in [4.78, 5) is 0. The van der Waals surface area contributed by atoms with Gasteiger partial charge in [0.2, 0.25) is 0 Å². The van der Waals surface area contributed by atoms with Crippen LogP contribution in [-0.2, 0) is 6.54 Å². The molecule has 0 aliphatic rings. The summed E-state index contributed by atoms with van der Waals surface area (Å²) < 4.78 is 1.99. The number of nitrogens with zero attached hydrogens (tertiary/aromatic N) is 3. The van der Waals surface area contributed by atoms with Crippen LogP contribution in [0.4, 0.5) is 0 Å². The summed E-state index contributed by atoms with van der Waals surface area (Å²) in [6.45, 7) is 0.627. The Morgan fingerprint density at radius 2 is 1.65 bits per heavy atom. The van der Waals surface area contributed by atoms with E-state index in [-0.39, 0.29) is 5.57 Å². The fourth-order valence-electron chi connectivity index (χ4n) is 2.59. The van der Waals surface area contributed by atoms with Gasteiger partial charge in [0, 0.05) is 17.5 Å². The molecule has 0 radical (unpaired) electrons. The lowest BCUT2D eigenvalue weighted by atomic mass is 10.1. The highest BCUT2D eigenvalue weighted by molar-refractivity contribution is 6.33. The Kier molecular flexibility index (Phi) is 4.15. The monoisotopic (exact) mass is 317 g/mol. The highest BCUT2D eigenvalue weighted by atomic mass is 35.5. The summed E-state index contributed by atoms with van der Waals surface area (Å²) in [6.07, 6.45) is 1.55. The van der Waals surface area contributed by atoms with Crippen LogP contribution in [0.1, 0.15) is 11.1 Å². The summed E-state index contributed by atoms with van der Waals surface area (Å²) in [5, 5.41) is 19.5. The third-order valence-corrected chi connectivity index (χ3v) is 4.06. The van der Waals surface area contributed by atoms with E-state index in [2.05, 4.69) is 0 Å². The molecule has 1 aromatic heterocycles. The molecule has 0 amide bonds. The number of hydrogen-bond donors (Lipinski definition) is 0. The third kappa shape index (κ3) is 2.83. The predicted molar refractivity (Wildman–Crippen MR) is 91.7 cm³/mol. The molecule has 0 unspecified atom stereocenters. The number of rotatable bonds is 3. The van der Waals surface area contributed by atoms with Crippen LogP contribution in [0.2, 0.25) is 5.15 Å². The smallest absolute Gasteiger partial charge is 0.130 e. The molecule has 110 valence electrons. The van der Waals surface area contributed by atoms with E-state index in [1.54, 1.807) is 6.08 Å². The van der Waals surface area contributed by atoms with E-state index in [1.807, 2.05) is 71.3 Å². The molecule has 0 bridgehead atoms. The van der Waals surface area contributed by atoms with Crippen LogP contribution in [0.15, 0.2) is 60.2 Å². The highest BCUT2D eigenvalue weighted by Gasteiger charge is 2.14. The normalized spacial score (nSPS) is 10.0. The van der Waals surface area contributed by atoms with Gasteiger partial charge in [-0.1, -0.05) is 60.1 Å². The summed E-state index contributed by atoms with van der Waals surface area (Å²) >= 11 is 6.56. The summed E-state index contributed by atoms with van der Waals surface area (Å²) in [6, 6.07) is 21.6. The number of benzene rings is 2. The number of halogens is 1. The molecule has 0 saturated heterocycles. The number of allylic oxidation sites excluding steroid dienone is 1. The molecule has 0 spiro atoms. The number of nitriles is 2. The van der Waals surface area contributed by atoms with Crippen LogP contribution in [0.3, 0.4) is 0 Å². The van der Waals surface area contributed by atoms with E-state index in [0.717, 1.165) is 16.5 Å². The van der Waals surface area contributed by atoms with Crippen molar-refractivity contribution in [1.29, 1.82) is 10.5 Å². The van der Waals surface area contributed by atoms with Crippen molar-refractivity contribution < 1.29 is 0 Å². The topological polar surface area (TPSA) is 52.5 Å². The first-order valence-electron chi connectivity index (χ1n) is 7.07. The zero-order valence-electron chi connectivity index (χ0n) is 12.2.